The molecule has 0 fully saturated rings. The molecule has 1 aliphatic heterocycles. The third-order valence-electron chi connectivity index (χ3n) is 9.04. The lowest BCUT2D eigenvalue weighted by Crippen LogP contribution is -2.44. The van der Waals surface area contributed by atoms with E-state index in [0.717, 1.165) is 39.6 Å². The normalized spacial score (nSPS) is 21.8. The van der Waals surface area contributed by atoms with Crippen LogP contribution in [-0.4, -0.2) is 45.0 Å². The van der Waals surface area contributed by atoms with Gasteiger partial charge in [-0.05, 0) is 77.8 Å². The molecule has 0 saturated carbocycles. The molecule has 222 valence electrons. The number of rotatable bonds is 7. The number of nitrogens with zero attached hydrogens (tertiary/aromatic N) is 1. The van der Waals surface area contributed by atoms with E-state index in [0.29, 0.717) is 48.3 Å². The molecule has 8 heteroatoms. The lowest BCUT2D eigenvalue weighted by molar-refractivity contribution is -0.117. The fourth-order valence-corrected chi connectivity index (χ4v) is 6.83. The van der Waals surface area contributed by atoms with E-state index in [-0.39, 0.29) is 23.4 Å². The molecular formula is C35H36N2O6. The van der Waals surface area contributed by atoms with Crippen LogP contribution in [0.4, 0.5) is 0 Å². The van der Waals surface area contributed by atoms with Gasteiger partial charge in [0, 0.05) is 41.3 Å². The molecule has 0 radical (unpaired) electrons. The van der Waals surface area contributed by atoms with Gasteiger partial charge in [-0.1, -0.05) is 30.3 Å². The Kier molecular flexibility index (Phi) is 7.71. The molecule has 6 rings (SSSR count). The van der Waals surface area contributed by atoms with Crippen molar-refractivity contribution in [3.05, 3.63) is 106 Å². The van der Waals surface area contributed by atoms with Crippen LogP contribution in [0.25, 0.3) is 0 Å². The smallest absolute Gasteiger partial charge is 0.162 e. The van der Waals surface area contributed by atoms with Gasteiger partial charge in [0.05, 0.1) is 28.4 Å². The van der Waals surface area contributed by atoms with Crippen molar-refractivity contribution in [3.8, 4) is 23.0 Å². The number of Topliss-reactive ketones (excluding diaryl/α,β-unsaturated/α-hetero) is 2. The first-order valence-electron chi connectivity index (χ1n) is 14.4. The Balaban J connectivity index is 1.46. The van der Waals surface area contributed by atoms with Crippen molar-refractivity contribution in [2.45, 2.75) is 43.4 Å². The van der Waals surface area contributed by atoms with Crippen LogP contribution >= 0.6 is 0 Å². The monoisotopic (exact) mass is 580 g/mol. The number of carbonyl (C=O) groups excluding carboxylic acids is 2. The maximum absolute atomic E-state index is 14.1. The number of carbonyl (C=O) groups is 2. The van der Waals surface area contributed by atoms with Gasteiger partial charge >= 0.3 is 0 Å². The van der Waals surface area contributed by atoms with E-state index >= 15 is 0 Å². The second-order valence-corrected chi connectivity index (χ2v) is 11.2. The van der Waals surface area contributed by atoms with Crippen LogP contribution in [0.1, 0.15) is 60.1 Å². The van der Waals surface area contributed by atoms with Crippen molar-refractivity contribution < 1.29 is 28.5 Å². The number of hydrogen-bond acceptors (Lipinski definition) is 8. The van der Waals surface area contributed by atoms with Crippen molar-refractivity contribution >= 4 is 11.6 Å². The van der Waals surface area contributed by atoms with Gasteiger partial charge in [0.15, 0.2) is 23.1 Å². The van der Waals surface area contributed by atoms with Crippen molar-refractivity contribution in [1.82, 2.24) is 5.01 Å². The molecule has 1 heterocycles. The third kappa shape index (κ3) is 5.06. The maximum Gasteiger partial charge on any atom is 0.162 e. The van der Waals surface area contributed by atoms with Crippen LogP contribution in [0.3, 0.4) is 0 Å². The van der Waals surface area contributed by atoms with Crippen molar-refractivity contribution in [2.24, 2.45) is 5.84 Å². The Labute approximate surface area is 251 Å². The van der Waals surface area contributed by atoms with Crippen LogP contribution in [0, 0.1) is 0 Å². The number of hydrazine groups is 1. The Morgan fingerprint density at radius 3 is 1.44 bits per heavy atom. The minimum atomic E-state index is -0.543. The summed E-state index contributed by atoms with van der Waals surface area (Å²) in [4.78, 5) is 28.2. The lowest BCUT2D eigenvalue weighted by Gasteiger charge is -2.44. The number of methoxy groups -OCH3 is 4. The van der Waals surface area contributed by atoms with Crippen molar-refractivity contribution in [1.29, 1.82) is 0 Å². The molecule has 8 nitrogen and oxygen atoms in total. The second kappa shape index (κ2) is 11.6. The van der Waals surface area contributed by atoms with Crippen LogP contribution in [0.2, 0.25) is 0 Å². The molecule has 3 aliphatic rings. The maximum atomic E-state index is 14.1. The van der Waals surface area contributed by atoms with Crippen molar-refractivity contribution in [2.75, 3.05) is 28.4 Å². The van der Waals surface area contributed by atoms with Gasteiger partial charge in [-0.15, -0.1) is 0 Å². The Hall–Kier alpha value is -4.56. The summed E-state index contributed by atoms with van der Waals surface area (Å²) >= 11 is 0. The number of benzene rings is 3. The zero-order chi connectivity index (χ0) is 30.2. The molecule has 43 heavy (non-hydrogen) atoms. The van der Waals surface area contributed by atoms with Gasteiger partial charge in [-0.2, -0.15) is 0 Å². The second-order valence-electron chi connectivity index (χ2n) is 11.2. The van der Waals surface area contributed by atoms with E-state index in [1.807, 2.05) is 66.7 Å². The predicted octanol–water partition coefficient (Wildman–Crippen LogP) is 5.80. The summed E-state index contributed by atoms with van der Waals surface area (Å²) in [7, 11) is 6.43. The fraction of sp³-hybridized carbons (Fsp3) is 0.314. The summed E-state index contributed by atoms with van der Waals surface area (Å²) < 4.78 is 21.8. The molecule has 0 spiro atoms. The van der Waals surface area contributed by atoms with Gasteiger partial charge in [-0.3, -0.25) is 14.6 Å². The molecule has 0 bridgehead atoms. The average Bonchev–Trinajstić information content (AvgIpc) is 3.05. The summed E-state index contributed by atoms with van der Waals surface area (Å²) in [5, 5.41) is 1.64. The summed E-state index contributed by atoms with van der Waals surface area (Å²) in [5.41, 5.74) is 5.61. The molecule has 2 unspecified atom stereocenters. The summed E-state index contributed by atoms with van der Waals surface area (Å²) in [6, 6.07) is 21.3. The average molecular weight is 581 g/mol. The molecule has 2 N–H and O–H groups in total. The first-order chi connectivity index (χ1) is 20.9. The van der Waals surface area contributed by atoms with E-state index < -0.39 is 5.92 Å². The summed E-state index contributed by atoms with van der Waals surface area (Å²) in [6.07, 6.45) is 1.81. The molecular weight excluding hydrogens is 544 g/mol. The number of hydrogen-bond donors (Lipinski definition) is 1. The number of nitrogens with two attached hydrogens (primary N) is 1. The molecule has 0 saturated heterocycles. The zero-order valence-corrected chi connectivity index (χ0v) is 24.9. The van der Waals surface area contributed by atoms with Gasteiger partial charge in [0.25, 0.3) is 0 Å². The fourth-order valence-electron chi connectivity index (χ4n) is 6.83. The van der Waals surface area contributed by atoms with E-state index in [1.54, 1.807) is 33.4 Å². The van der Waals surface area contributed by atoms with Crippen LogP contribution in [0.5, 0.6) is 23.0 Å². The zero-order valence-electron chi connectivity index (χ0n) is 24.9. The minimum Gasteiger partial charge on any atom is -0.497 e. The molecule has 3 aromatic rings. The number of ketones is 2. The van der Waals surface area contributed by atoms with Gasteiger partial charge in [0.1, 0.15) is 11.5 Å². The Morgan fingerprint density at radius 1 is 0.581 bits per heavy atom. The van der Waals surface area contributed by atoms with Gasteiger partial charge < -0.3 is 18.9 Å². The first kappa shape index (κ1) is 28.6. The van der Waals surface area contributed by atoms with Crippen LogP contribution in [-0.2, 0) is 9.59 Å². The van der Waals surface area contributed by atoms with E-state index in [4.69, 9.17) is 24.8 Å². The standard InChI is InChI=1S/C35H36N2O6/c1-40-25-10-5-20(6-11-25)23-15-27-34(29(38)17-23)33(22-9-14-31(42-3)32(19-22)43-4)35-28(37(27)36)16-24(18-30(35)39)21-7-12-26(41-2)13-8-21/h5-14,19,23-24,33H,15-18,36H2,1-4H3. The van der Waals surface area contributed by atoms with E-state index in [9.17, 15) is 9.59 Å². The van der Waals surface area contributed by atoms with Gasteiger partial charge in [0.2, 0.25) is 0 Å². The van der Waals surface area contributed by atoms with E-state index in [1.165, 1.54) is 0 Å². The Morgan fingerprint density at radius 2 is 1.02 bits per heavy atom. The predicted molar refractivity (Wildman–Crippen MR) is 162 cm³/mol. The lowest BCUT2D eigenvalue weighted by atomic mass is 9.67. The quantitative estimate of drug-likeness (QED) is 0.350. The minimum absolute atomic E-state index is 0.00562. The Bertz CT molecular complexity index is 1530. The largest absolute Gasteiger partial charge is 0.497 e. The number of ether oxygens (including phenoxy) is 4. The first-order valence-corrected chi connectivity index (χ1v) is 14.4. The highest BCUT2D eigenvalue weighted by Gasteiger charge is 2.46. The third-order valence-corrected chi connectivity index (χ3v) is 9.04. The van der Waals surface area contributed by atoms with Crippen LogP contribution < -0.4 is 24.8 Å². The highest BCUT2D eigenvalue weighted by atomic mass is 16.5. The SMILES string of the molecule is COc1ccc(C2CC(=O)C3=C(C2)N(N)C2=C(C(=O)CC(c4ccc(OC)cc4)C2)C3c2ccc(OC)c(OC)c2)cc1. The molecule has 0 aromatic heterocycles. The summed E-state index contributed by atoms with van der Waals surface area (Å²) in [5.74, 6) is 8.90. The highest BCUT2D eigenvalue weighted by Crippen LogP contribution is 2.53. The van der Waals surface area contributed by atoms with E-state index in [2.05, 4.69) is 0 Å². The molecule has 2 atom stereocenters. The van der Waals surface area contributed by atoms with Crippen molar-refractivity contribution in [3.63, 3.8) is 0 Å². The molecule has 3 aromatic carbocycles. The topological polar surface area (TPSA) is 100 Å². The highest BCUT2D eigenvalue weighted by molar-refractivity contribution is 6.07. The number of allylic oxidation sites excluding steroid dienone is 4. The van der Waals surface area contributed by atoms with Crippen LogP contribution in [0.15, 0.2) is 89.3 Å². The summed E-state index contributed by atoms with van der Waals surface area (Å²) in [6.45, 7) is 0. The van der Waals surface area contributed by atoms with Gasteiger partial charge in [-0.25, -0.2) is 5.84 Å². The molecule has 2 aliphatic carbocycles. The molecule has 0 amide bonds.